The molecule has 0 aliphatic heterocycles. The van der Waals surface area contributed by atoms with Crippen molar-refractivity contribution in [2.75, 3.05) is 0 Å². The monoisotopic (exact) mass is 479 g/mol. The van der Waals surface area contributed by atoms with Crippen LogP contribution in [0.4, 0.5) is 22.0 Å². The zero-order valence-corrected chi connectivity index (χ0v) is 18.0. The Morgan fingerprint density at radius 3 is 2.27 bits per heavy atom. The van der Waals surface area contributed by atoms with Crippen molar-refractivity contribution in [1.82, 2.24) is 24.7 Å². The second-order valence-corrected chi connectivity index (χ2v) is 8.06. The van der Waals surface area contributed by atoms with E-state index in [-0.39, 0.29) is 27.9 Å². The van der Waals surface area contributed by atoms with Gasteiger partial charge in [0.2, 0.25) is 5.95 Å². The largest absolute Gasteiger partial charge is 0.435 e. The summed E-state index contributed by atoms with van der Waals surface area (Å²) in [6, 6.07) is 10.5. The number of hydrogen-bond acceptors (Lipinski definition) is 4. The fourth-order valence-electron chi connectivity index (χ4n) is 3.19. The number of rotatable bonds is 4. The molecule has 33 heavy (non-hydrogen) atoms. The lowest BCUT2D eigenvalue weighted by atomic mass is 9.84. The molecule has 11 heteroatoms. The maximum absolute atomic E-state index is 14.5. The van der Waals surface area contributed by atoms with Crippen molar-refractivity contribution >= 4 is 11.6 Å². The van der Waals surface area contributed by atoms with E-state index in [1.165, 1.54) is 24.3 Å². The van der Waals surface area contributed by atoms with Gasteiger partial charge in [0.15, 0.2) is 11.5 Å². The fourth-order valence-corrected chi connectivity index (χ4v) is 3.33. The van der Waals surface area contributed by atoms with E-state index in [9.17, 15) is 22.0 Å². The molecule has 0 spiro atoms. The van der Waals surface area contributed by atoms with Gasteiger partial charge in [0.25, 0.3) is 0 Å². The zero-order valence-electron chi connectivity index (χ0n) is 17.2. The smallest absolute Gasteiger partial charge is 0.251 e. The Morgan fingerprint density at radius 2 is 1.61 bits per heavy atom. The van der Waals surface area contributed by atoms with Crippen molar-refractivity contribution < 1.29 is 22.0 Å². The number of aromatic nitrogens is 5. The second kappa shape index (κ2) is 8.18. The first-order valence-electron chi connectivity index (χ1n) is 9.56. The van der Waals surface area contributed by atoms with E-state index in [2.05, 4.69) is 20.1 Å². The van der Waals surface area contributed by atoms with Gasteiger partial charge in [0.1, 0.15) is 11.0 Å². The third-order valence-corrected chi connectivity index (χ3v) is 5.22. The van der Waals surface area contributed by atoms with Crippen LogP contribution < -0.4 is 0 Å². The Hall–Kier alpha value is -3.40. The molecule has 0 radical (unpaired) electrons. The van der Waals surface area contributed by atoms with E-state index in [0.29, 0.717) is 5.69 Å². The summed E-state index contributed by atoms with van der Waals surface area (Å²) in [4.78, 5) is 12.3. The quantitative estimate of drug-likeness (QED) is 0.266. The van der Waals surface area contributed by atoms with E-state index < -0.39 is 29.1 Å². The minimum absolute atomic E-state index is 0.0118. The molecule has 0 bridgehead atoms. The molecule has 0 saturated carbocycles. The van der Waals surface area contributed by atoms with Crippen LogP contribution in [-0.2, 0) is 11.6 Å². The maximum Gasteiger partial charge on any atom is 0.435 e. The highest BCUT2D eigenvalue weighted by atomic mass is 35.5. The highest BCUT2D eigenvalue weighted by molar-refractivity contribution is 6.29. The summed E-state index contributed by atoms with van der Waals surface area (Å²) < 4.78 is 68.4. The van der Waals surface area contributed by atoms with E-state index in [4.69, 9.17) is 11.6 Å². The van der Waals surface area contributed by atoms with Crippen LogP contribution in [0.25, 0.3) is 17.1 Å². The van der Waals surface area contributed by atoms with Crippen LogP contribution in [0.3, 0.4) is 0 Å². The Bertz CT molecular complexity index is 1330. The van der Waals surface area contributed by atoms with E-state index in [1.807, 2.05) is 0 Å². The maximum atomic E-state index is 14.5. The van der Waals surface area contributed by atoms with Crippen LogP contribution in [0.5, 0.6) is 0 Å². The van der Waals surface area contributed by atoms with Crippen molar-refractivity contribution in [3.63, 3.8) is 0 Å². The van der Waals surface area contributed by atoms with Gasteiger partial charge in [-0.3, -0.25) is 4.98 Å². The third kappa shape index (κ3) is 4.56. The van der Waals surface area contributed by atoms with Crippen LogP contribution >= 0.6 is 11.6 Å². The Kier molecular flexibility index (Phi) is 5.65. The summed E-state index contributed by atoms with van der Waals surface area (Å²) in [5, 5.41) is 3.47. The van der Waals surface area contributed by atoms with Gasteiger partial charge >= 0.3 is 6.18 Å². The first-order valence-corrected chi connectivity index (χ1v) is 9.94. The second-order valence-electron chi connectivity index (χ2n) is 7.68. The predicted octanol–water partition coefficient (Wildman–Crippen LogP) is 6.00. The third-order valence-electron chi connectivity index (χ3n) is 5.01. The first kappa shape index (κ1) is 22.8. The van der Waals surface area contributed by atoms with Crippen molar-refractivity contribution in [2.45, 2.75) is 25.4 Å². The number of hydrogen-bond donors (Lipinski definition) is 0. The molecule has 0 fully saturated rings. The molecule has 0 aliphatic rings. The first-order chi connectivity index (χ1) is 15.4. The number of halogens is 6. The van der Waals surface area contributed by atoms with Gasteiger partial charge in [0.05, 0.1) is 22.6 Å². The number of pyridine rings is 3. The summed E-state index contributed by atoms with van der Waals surface area (Å²) in [5.74, 6) is -1.42. The lowest BCUT2D eigenvalue weighted by Gasteiger charge is -2.25. The van der Waals surface area contributed by atoms with Gasteiger partial charge in [-0.05, 0) is 50.2 Å². The minimum Gasteiger partial charge on any atom is -0.251 e. The zero-order chi connectivity index (χ0) is 24.0. The molecule has 4 aromatic heterocycles. The van der Waals surface area contributed by atoms with Crippen molar-refractivity contribution in [2.24, 2.45) is 0 Å². The minimum atomic E-state index is -4.59. The molecule has 5 nitrogen and oxygen atoms in total. The molecule has 0 saturated heterocycles. The molecule has 0 unspecified atom stereocenters. The molecule has 4 rings (SSSR count). The molecule has 4 heterocycles. The van der Waals surface area contributed by atoms with Crippen LogP contribution in [0.15, 0.2) is 54.7 Å². The summed E-state index contributed by atoms with van der Waals surface area (Å²) in [6.45, 7) is 3.43. The fraction of sp³-hybridized carbons (Fsp3) is 0.182. The van der Waals surface area contributed by atoms with Gasteiger partial charge in [-0.15, -0.1) is 0 Å². The molecular weight excluding hydrogens is 465 g/mol. The molecule has 0 amide bonds. The topological polar surface area (TPSA) is 56.5 Å². The average Bonchev–Trinajstić information content (AvgIpc) is 3.24. The summed E-state index contributed by atoms with van der Waals surface area (Å²) in [5.41, 5.74) is -1.45. The standard InChI is InChI=1S/C22H15ClF5N5/c1-21(2,15-4-3-5-19(30-15)33-9-8-16(32-33)22(26,27)28)17-11-12(24)10-14(29-17)13-6-7-18(23)31-20(13)25/h3-11H,1-2H3. The average molecular weight is 480 g/mol. The molecule has 0 aliphatic carbocycles. The Morgan fingerprint density at radius 1 is 0.848 bits per heavy atom. The van der Waals surface area contributed by atoms with Gasteiger partial charge in [-0.1, -0.05) is 17.7 Å². The number of nitrogens with zero attached hydrogens (tertiary/aromatic N) is 5. The SMILES string of the molecule is CC(C)(c1cc(F)cc(-c2ccc(Cl)nc2F)n1)c1cccc(-n2ccc(C(F)(F)F)n2)n1. The summed E-state index contributed by atoms with van der Waals surface area (Å²) in [7, 11) is 0. The van der Waals surface area contributed by atoms with Crippen LogP contribution in [0.2, 0.25) is 5.15 Å². The van der Waals surface area contributed by atoms with Crippen molar-refractivity contribution in [1.29, 1.82) is 0 Å². The molecule has 4 aromatic rings. The van der Waals surface area contributed by atoms with Crippen molar-refractivity contribution in [3.05, 3.63) is 88.7 Å². The normalized spacial score (nSPS) is 12.2. The van der Waals surface area contributed by atoms with Gasteiger partial charge in [-0.2, -0.15) is 22.7 Å². The van der Waals surface area contributed by atoms with E-state index in [1.54, 1.807) is 26.0 Å². The molecular formula is C22H15ClF5N5. The lowest BCUT2D eigenvalue weighted by Crippen LogP contribution is -2.23. The highest BCUT2D eigenvalue weighted by Crippen LogP contribution is 2.33. The molecule has 170 valence electrons. The Balaban J connectivity index is 1.75. The predicted molar refractivity (Wildman–Crippen MR) is 111 cm³/mol. The van der Waals surface area contributed by atoms with Crippen LogP contribution in [-0.4, -0.2) is 24.7 Å². The van der Waals surface area contributed by atoms with Gasteiger partial charge in [-0.25, -0.2) is 19.0 Å². The lowest BCUT2D eigenvalue weighted by molar-refractivity contribution is -0.141. The Labute approximate surface area is 189 Å². The van der Waals surface area contributed by atoms with Crippen LogP contribution in [0, 0.1) is 11.8 Å². The van der Waals surface area contributed by atoms with Gasteiger partial charge in [0, 0.05) is 17.7 Å². The molecule has 0 N–H and O–H groups in total. The van der Waals surface area contributed by atoms with E-state index >= 15 is 0 Å². The van der Waals surface area contributed by atoms with Gasteiger partial charge < -0.3 is 0 Å². The molecule has 0 aromatic carbocycles. The highest BCUT2D eigenvalue weighted by Gasteiger charge is 2.34. The number of alkyl halides is 3. The van der Waals surface area contributed by atoms with E-state index in [0.717, 1.165) is 23.0 Å². The molecule has 0 atom stereocenters. The summed E-state index contributed by atoms with van der Waals surface area (Å²) in [6.07, 6.45) is -3.44. The summed E-state index contributed by atoms with van der Waals surface area (Å²) >= 11 is 5.69. The van der Waals surface area contributed by atoms with Crippen molar-refractivity contribution in [3.8, 4) is 17.1 Å². The van der Waals surface area contributed by atoms with Crippen LogP contribution in [0.1, 0.15) is 30.9 Å².